The molecule has 2 rings (SSSR count). The van der Waals surface area contributed by atoms with Gasteiger partial charge in [-0.05, 0) is 30.2 Å². The Labute approximate surface area is 129 Å². The third kappa shape index (κ3) is 4.46. The monoisotopic (exact) mass is 304 g/mol. The standard InChI is InChI=1S/C16H17ClN2O2/c1-2-14(21-15-8-4-3-7-13(15)17)16(20)19-11-12-6-5-9-18-10-12/h3-10,14H,2,11H2,1H3,(H,19,20)/t14-/m0/s1. The Balaban J connectivity index is 1.94. The van der Waals surface area contributed by atoms with Gasteiger partial charge in [0.1, 0.15) is 5.75 Å². The highest BCUT2D eigenvalue weighted by atomic mass is 35.5. The molecule has 21 heavy (non-hydrogen) atoms. The third-order valence-corrected chi connectivity index (χ3v) is 3.27. The minimum absolute atomic E-state index is 0.165. The van der Waals surface area contributed by atoms with Gasteiger partial charge in [-0.3, -0.25) is 9.78 Å². The van der Waals surface area contributed by atoms with Crippen LogP contribution in [0.2, 0.25) is 5.02 Å². The maximum atomic E-state index is 12.2. The largest absolute Gasteiger partial charge is 0.479 e. The van der Waals surface area contributed by atoms with Crippen LogP contribution in [0.3, 0.4) is 0 Å². The second kappa shape index (κ2) is 7.64. The maximum absolute atomic E-state index is 12.2. The van der Waals surface area contributed by atoms with E-state index >= 15 is 0 Å². The Morgan fingerprint density at radius 3 is 2.81 bits per heavy atom. The van der Waals surface area contributed by atoms with E-state index in [-0.39, 0.29) is 5.91 Å². The van der Waals surface area contributed by atoms with Gasteiger partial charge in [-0.1, -0.05) is 36.7 Å². The van der Waals surface area contributed by atoms with Crippen LogP contribution in [0.4, 0.5) is 0 Å². The number of aromatic nitrogens is 1. The summed E-state index contributed by atoms with van der Waals surface area (Å²) in [5, 5.41) is 3.34. The number of ether oxygens (including phenoxy) is 1. The molecule has 110 valence electrons. The summed E-state index contributed by atoms with van der Waals surface area (Å²) in [6.07, 6.45) is 3.41. The molecule has 1 aromatic carbocycles. The van der Waals surface area contributed by atoms with Crippen LogP contribution in [0, 0.1) is 0 Å². The van der Waals surface area contributed by atoms with Gasteiger partial charge in [0.25, 0.3) is 5.91 Å². The van der Waals surface area contributed by atoms with Crippen LogP contribution < -0.4 is 10.1 Å². The molecule has 4 nitrogen and oxygen atoms in total. The van der Waals surface area contributed by atoms with Crippen molar-refractivity contribution in [3.63, 3.8) is 0 Å². The molecule has 0 aliphatic heterocycles. The maximum Gasteiger partial charge on any atom is 0.261 e. The van der Waals surface area contributed by atoms with Crippen LogP contribution in [0.5, 0.6) is 5.75 Å². The van der Waals surface area contributed by atoms with Gasteiger partial charge in [0, 0.05) is 18.9 Å². The molecule has 0 aliphatic rings. The lowest BCUT2D eigenvalue weighted by Crippen LogP contribution is -2.37. The first-order valence-electron chi connectivity index (χ1n) is 6.78. The Hall–Kier alpha value is -2.07. The molecule has 0 fully saturated rings. The number of carbonyl (C=O) groups excluding carboxylic acids is 1. The molecule has 1 amide bonds. The van der Waals surface area contributed by atoms with E-state index in [4.69, 9.17) is 16.3 Å². The topological polar surface area (TPSA) is 51.2 Å². The summed E-state index contributed by atoms with van der Waals surface area (Å²) in [5.41, 5.74) is 0.943. The van der Waals surface area contributed by atoms with Crippen molar-refractivity contribution in [3.8, 4) is 5.75 Å². The van der Waals surface area contributed by atoms with E-state index in [1.165, 1.54) is 0 Å². The zero-order valence-corrected chi connectivity index (χ0v) is 12.5. The van der Waals surface area contributed by atoms with Gasteiger partial charge >= 0.3 is 0 Å². The molecule has 0 unspecified atom stereocenters. The second-order valence-electron chi connectivity index (χ2n) is 4.52. The van der Waals surface area contributed by atoms with Gasteiger partial charge in [0.15, 0.2) is 6.10 Å². The summed E-state index contributed by atoms with van der Waals surface area (Å²) in [6.45, 7) is 2.32. The molecule has 0 spiro atoms. The molecule has 0 bridgehead atoms. The average Bonchev–Trinajstić information content (AvgIpc) is 2.53. The molecule has 1 heterocycles. The predicted octanol–water partition coefficient (Wildman–Crippen LogP) is 3.21. The molecule has 1 atom stereocenters. The normalized spacial score (nSPS) is 11.7. The molecule has 0 saturated carbocycles. The van der Waals surface area contributed by atoms with Gasteiger partial charge in [-0.25, -0.2) is 0 Å². The van der Waals surface area contributed by atoms with Crippen LogP contribution in [0.15, 0.2) is 48.8 Å². The van der Waals surface area contributed by atoms with Crippen molar-refractivity contribution in [2.75, 3.05) is 0 Å². The number of carbonyl (C=O) groups is 1. The highest BCUT2D eigenvalue weighted by molar-refractivity contribution is 6.32. The van der Waals surface area contributed by atoms with E-state index in [0.29, 0.717) is 23.7 Å². The number of nitrogens with zero attached hydrogens (tertiary/aromatic N) is 1. The lowest BCUT2D eigenvalue weighted by Gasteiger charge is -2.18. The molecular weight excluding hydrogens is 288 g/mol. The van der Waals surface area contributed by atoms with Crippen LogP contribution in [0.25, 0.3) is 0 Å². The zero-order chi connectivity index (χ0) is 15.1. The number of para-hydroxylation sites is 1. The molecule has 0 aliphatic carbocycles. The van der Waals surface area contributed by atoms with Crippen molar-refractivity contribution < 1.29 is 9.53 Å². The quantitative estimate of drug-likeness (QED) is 0.891. The summed E-state index contributed by atoms with van der Waals surface area (Å²) in [6, 6.07) is 10.9. The average molecular weight is 305 g/mol. The molecule has 5 heteroatoms. The first-order valence-corrected chi connectivity index (χ1v) is 7.16. The fourth-order valence-electron chi connectivity index (χ4n) is 1.82. The number of hydrogen-bond donors (Lipinski definition) is 1. The molecule has 0 radical (unpaired) electrons. The molecule has 0 saturated heterocycles. The van der Waals surface area contributed by atoms with Gasteiger partial charge in [-0.2, -0.15) is 0 Å². The van der Waals surface area contributed by atoms with Crippen LogP contribution in [-0.4, -0.2) is 17.0 Å². The van der Waals surface area contributed by atoms with E-state index in [1.54, 1.807) is 24.5 Å². The van der Waals surface area contributed by atoms with Crippen molar-refractivity contribution in [2.24, 2.45) is 0 Å². The first kappa shape index (κ1) is 15.3. The predicted molar refractivity (Wildman–Crippen MR) is 82.2 cm³/mol. The zero-order valence-electron chi connectivity index (χ0n) is 11.8. The van der Waals surface area contributed by atoms with Crippen LogP contribution in [-0.2, 0) is 11.3 Å². The molecule has 1 N–H and O–H groups in total. The fourth-order valence-corrected chi connectivity index (χ4v) is 2.00. The number of nitrogens with one attached hydrogen (secondary N) is 1. The number of benzene rings is 1. The van der Waals surface area contributed by atoms with Gasteiger partial charge in [0.2, 0.25) is 0 Å². The SMILES string of the molecule is CC[C@H](Oc1ccccc1Cl)C(=O)NCc1cccnc1. The van der Waals surface area contributed by atoms with Crippen molar-refractivity contribution >= 4 is 17.5 Å². The lowest BCUT2D eigenvalue weighted by atomic mass is 10.2. The van der Waals surface area contributed by atoms with Gasteiger partial charge in [0.05, 0.1) is 5.02 Å². The number of halogens is 1. The number of hydrogen-bond acceptors (Lipinski definition) is 3. The van der Waals surface area contributed by atoms with E-state index in [1.807, 2.05) is 31.2 Å². The number of amides is 1. The Kier molecular flexibility index (Phi) is 5.58. The number of pyridine rings is 1. The molecule has 2 aromatic rings. The summed E-state index contributed by atoms with van der Waals surface area (Å²) in [5.74, 6) is 0.351. The molecule has 1 aromatic heterocycles. The smallest absolute Gasteiger partial charge is 0.261 e. The minimum Gasteiger partial charge on any atom is -0.479 e. The first-order chi connectivity index (χ1) is 10.2. The van der Waals surface area contributed by atoms with Crippen molar-refractivity contribution in [1.29, 1.82) is 0 Å². The highest BCUT2D eigenvalue weighted by Crippen LogP contribution is 2.24. The number of rotatable bonds is 6. The summed E-state index contributed by atoms with van der Waals surface area (Å²) in [7, 11) is 0. The molecular formula is C16H17ClN2O2. The minimum atomic E-state index is -0.568. The van der Waals surface area contributed by atoms with E-state index < -0.39 is 6.10 Å². The summed E-state index contributed by atoms with van der Waals surface area (Å²) >= 11 is 6.04. The van der Waals surface area contributed by atoms with E-state index in [2.05, 4.69) is 10.3 Å². The lowest BCUT2D eigenvalue weighted by molar-refractivity contribution is -0.128. The highest BCUT2D eigenvalue weighted by Gasteiger charge is 2.19. The van der Waals surface area contributed by atoms with Gasteiger partial charge in [-0.15, -0.1) is 0 Å². The van der Waals surface area contributed by atoms with E-state index in [0.717, 1.165) is 5.56 Å². The summed E-state index contributed by atoms with van der Waals surface area (Å²) in [4.78, 5) is 16.2. The van der Waals surface area contributed by atoms with Crippen molar-refractivity contribution in [1.82, 2.24) is 10.3 Å². The summed E-state index contributed by atoms with van der Waals surface area (Å²) < 4.78 is 5.69. The second-order valence-corrected chi connectivity index (χ2v) is 4.93. The Bertz CT molecular complexity index is 590. The fraction of sp³-hybridized carbons (Fsp3) is 0.250. The Morgan fingerprint density at radius 2 is 2.14 bits per heavy atom. The van der Waals surface area contributed by atoms with Crippen LogP contribution >= 0.6 is 11.6 Å². The Morgan fingerprint density at radius 1 is 1.33 bits per heavy atom. The third-order valence-electron chi connectivity index (χ3n) is 2.96. The van der Waals surface area contributed by atoms with Crippen molar-refractivity contribution in [2.45, 2.75) is 26.0 Å². The van der Waals surface area contributed by atoms with Crippen molar-refractivity contribution in [3.05, 3.63) is 59.4 Å². The van der Waals surface area contributed by atoms with Crippen LogP contribution in [0.1, 0.15) is 18.9 Å². The van der Waals surface area contributed by atoms with E-state index in [9.17, 15) is 4.79 Å². The van der Waals surface area contributed by atoms with Gasteiger partial charge < -0.3 is 10.1 Å².